The van der Waals surface area contributed by atoms with Crippen LogP contribution in [-0.4, -0.2) is 30.1 Å². The van der Waals surface area contributed by atoms with Crippen LogP contribution in [0, 0.1) is 0 Å². The van der Waals surface area contributed by atoms with E-state index in [1.807, 2.05) is 7.05 Å². The van der Waals surface area contributed by atoms with Crippen molar-refractivity contribution < 1.29 is 0 Å². The molecule has 0 amide bonds. The lowest BCUT2D eigenvalue weighted by atomic mass is 10.4. The maximum absolute atomic E-state index is 5.68. The summed E-state index contributed by atoms with van der Waals surface area (Å²) in [5, 5.41) is 6.68. The molecule has 1 aromatic rings. The van der Waals surface area contributed by atoms with Gasteiger partial charge in [0, 0.05) is 12.6 Å². The van der Waals surface area contributed by atoms with Crippen LogP contribution < -0.4 is 10.6 Å². The summed E-state index contributed by atoms with van der Waals surface area (Å²) in [5.41, 5.74) is 0. The molecule has 0 unspecified atom stereocenters. The molecule has 1 aromatic heterocycles. The fraction of sp³-hybridized carbons (Fsp3) is 0.500. The van der Waals surface area contributed by atoms with Crippen molar-refractivity contribution >= 4 is 17.4 Å². The molecule has 0 aliphatic carbocycles. The number of anilines is 1. The monoisotopic (exact) mass is 200 g/mol. The summed E-state index contributed by atoms with van der Waals surface area (Å²) in [4.78, 5) is 7.80. The van der Waals surface area contributed by atoms with E-state index in [0.29, 0.717) is 5.15 Å². The van der Waals surface area contributed by atoms with Crippen LogP contribution in [0.1, 0.15) is 6.42 Å². The first kappa shape index (κ1) is 10.2. The van der Waals surface area contributed by atoms with E-state index in [1.165, 1.54) is 6.33 Å². The van der Waals surface area contributed by atoms with Gasteiger partial charge in [0.25, 0.3) is 0 Å². The van der Waals surface area contributed by atoms with E-state index >= 15 is 0 Å². The SMILES string of the molecule is CNCCCNc1cc(Cl)ncn1. The third kappa shape index (κ3) is 4.05. The highest BCUT2D eigenvalue weighted by molar-refractivity contribution is 6.29. The summed E-state index contributed by atoms with van der Waals surface area (Å²) >= 11 is 5.68. The van der Waals surface area contributed by atoms with Crippen molar-refractivity contribution in [2.24, 2.45) is 0 Å². The van der Waals surface area contributed by atoms with Gasteiger partial charge in [-0.2, -0.15) is 0 Å². The zero-order valence-corrected chi connectivity index (χ0v) is 8.30. The molecular formula is C8H13ClN4. The highest BCUT2D eigenvalue weighted by Gasteiger charge is 1.94. The van der Waals surface area contributed by atoms with Crippen LogP contribution in [-0.2, 0) is 0 Å². The highest BCUT2D eigenvalue weighted by Crippen LogP contribution is 2.07. The van der Waals surface area contributed by atoms with Crippen LogP contribution in [0.25, 0.3) is 0 Å². The maximum Gasteiger partial charge on any atom is 0.134 e. The molecular weight excluding hydrogens is 188 g/mol. The molecule has 1 heterocycles. The van der Waals surface area contributed by atoms with E-state index < -0.39 is 0 Å². The molecule has 13 heavy (non-hydrogen) atoms. The van der Waals surface area contributed by atoms with Crippen LogP contribution in [0.2, 0.25) is 5.15 Å². The van der Waals surface area contributed by atoms with Crippen LogP contribution in [0.5, 0.6) is 0 Å². The molecule has 0 atom stereocenters. The zero-order valence-electron chi connectivity index (χ0n) is 7.55. The van der Waals surface area contributed by atoms with Gasteiger partial charge < -0.3 is 10.6 Å². The Hall–Kier alpha value is -0.870. The lowest BCUT2D eigenvalue weighted by molar-refractivity contribution is 0.746. The van der Waals surface area contributed by atoms with Crippen molar-refractivity contribution in [1.29, 1.82) is 0 Å². The Bertz CT molecular complexity index is 254. The summed E-state index contributed by atoms with van der Waals surface area (Å²) in [6.45, 7) is 1.87. The van der Waals surface area contributed by atoms with Gasteiger partial charge in [0.2, 0.25) is 0 Å². The number of hydrogen-bond acceptors (Lipinski definition) is 4. The minimum atomic E-state index is 0.464. The second-order valence-corrected chi connectivity index (χ2v) is 3.00. The molecule has 0 spiro atoms. The Labute approximate surface area is 82.7 Å². The number of rotatable bonds is 5. The average Bonchev–Trinajstić information content (AvgIpc) is 2.13. The lowest BCUT2D eigenvalue weighted by Gasteiger charge is -2.04. The van der Waals surface area contributed by atoms with Crippen molar-refractivity contribution in [2.75, 3.05) is 25.5 Å². The van der Waals surface area contributed by atoms with Crippen LogP contribution in [0.15, 0.2) is 12.4 Å². The fourth-order valence-corrected chi connectivity index (χ4v) is 1.06. The molecule has 0 aromatic carbocycles. The molecule has 4 nitrogen and oxygen atoms in total. The predicted octanol–water partition coefficient (Wildman–Crippen LogP) is 1.15. The Morgan fingerprint density at radius 1 is 1.38 bits per heavy atom. The molecule has 0 saturated carbocycles. The average molecular weight is 201 g/mol. The van der Waals surface area contributed by atoms with E-state index in [9.17, 15) is 0 Å². The Balaban J connectivity index is 2.28. The molecule has 0 bridgehead atoms. The predicted molar refractivity (Wildman–Crippen MR) is 54.1 cm³/mol. The smallest absolute Gasteiger partial charge is 0.134 e. The number of halogens is 1. The minimum Gasteiger partial charge on any atom is -0.370 e. The molecule has 72 valence electrons. The summed E-state index contributed by atoms with van der Waals surface area (Å²) in [6, 6.07) is 1.71. The lowest BCUT2D eigenvalue weighted by Crippen LogP contribution is -2.13. The molecule has 5 heteroatoms. The first-order chi connectivity index (χ1) is 6.33. The quantitative estimate of drug-likeness (QED) is 0.553. The first-order valence-electron chi connectivity index (χ1n) is 4.19. The van der Waals surface area contributed by atoms with Crippen molar-refractivity contribution in [3.8, 4) is 0 Å². The molecule has 0 aliphatic heterocycles. The van der Waals surface area contributed by atoms with E-state index in [0.717, 1.165) is 25.3 Å². The third-order valence-electron chi connectivity index (χ3n) is 1.54. The summed E-state index contributed by atoms with van der Waals surface area (Å²) in [5.74, 6) is 0.774. The van der Waals surface area contributed by atoms with Gasteiger partial charge >= 0.3 is 0 Å². The number of hydrogen-bond donors (Lipinski definition) is 2. The minimum absolute atomic E-state index is 0.464. The highest BCUT2D eigenvalue weighted by atomic mass is 35.5. The van der Waals surface area contributed by atoms with E-state index in [4.69, 9.17) is 11.6 Å². The largest absolute Gasteiger partial charge is 0.370 e. The van der Waals surface area contributed by atoms with Gasteiger partial charge in [-0.05, 0) is 20.0 Å². The molecule has 0 aliphatic rings. The normalized spacial score (nSPS) is 10.0. The number of aromatic nitrogens is 2. The van der Waals surface area contributed by atoms with Crippen molar-refractivity contribution in [3.05, 3.63) is 17.5 Å². The molecule has 0 saturated heterocycles. The van der Waals surface area contributed by atoms with Crippen LogP contribution in [0.3, 0.4) is 0 Å². The summed E-state index contributed by atoms with van der Waals surface area (Å²) in [7, 11) is 1.93. The topological polar surface area (TPSA) is 49.8 Å². The van der Waals surface area contributed by atoms with Gasteiger partial charge in [-0.15, -0.1) is 0 Å². The van der Waals surface area contributed by atoms with E-state index in [2.05, 4.69) is 20.6 Å². The molecule has 0 fully saturated rings. The molecule has 0 radical (unpaired) electrons. The van der Waals surface area contributed by atoms with Gasteiger partial charge in [0.05, 0.1) is 0 Å². The first-order valence-corrected chi connectivity index (χ1v) is 4.57. The second kappa shape index (κ2) is 5.72. The third-order valence-corrected chi connectivity index (χ3v) is 1.75. The van der Waals surface area contributed by atoms with E-state index in [-0.39, 0.29) is 0 Å². The van der Waals surface area contributed by atoms with Gasteiger partial charge in [-0.25, -0.2) is 9.97 Å². The molecule has 2 N–H and O–H groups in total. The summed E-state index contributed by atoms with van der Waals surface area (Å²) < 4.78 is 0. The van der Waals surface area contributed by atoms with E-state index in [1.54, 1.807) is 6.07 Å². The Morgan fingerprint density at radius 2 is 2.23 bits per heavy atom. The zero-order chi connectivity index (χ0) is 9.52. The molecule has 1 rings (SSSR count). The van der Waals surface area contributed by atoms with Crippen molar-refractivity contribution in [2.45, 2.75) is 6.42 Å². The second-order valence-electron chi connectivity index (χ2n) is 2.61. The number of nitrogens with one attached hydrogen (secondary N) is 2. The van der Waals surface area contributed by atoms with Crippen molar-refractivity contribution in [1.82, 2.24) is 15.3 Å². The summed E-state index contributed by atoms with van der Waals surface area (Å²) in [6.07, 6.45) is 2.50. The standard InChI is InChI=1S/C8H13ClN4/c1-10-3-2-4-11-8-5-7(9)12-6-13-8/h5-6,10H,2-4H2,1H3,(H,11,12,13). The number of nitrogens with zero attached hydrogens (tertiary/aromatic N) is 2. The van der Waals surface area contributed by atoms with Gasteiger partial charge in [-0.3, -0.25) is 0 Å². The maximum atomic E-state index is 5.68. The van der Waals surface area contributed by atoms with Crippen LogP contribution in [0.4, 0.5) is 5.82 Å². The van der Waals surface area contributed by atoms with Gasteiger partial charge in [0.15, 0.2) is 0 Å². The Morgan fingerprint density at radius 3 is 2.92 bits per heavy atom. The van der Waals surface area contributed by atoms with Crippen molar-refractivity contribution in [3.63, 3.8) is 0 Å². The van der Waals surface area contributed by atoms with Crippen LogP contribution >= 0.6 is 11.6 Å². The fourth-order valence-electron chi connectivity index (χ4n) is 0.912. The van der Waals surface area contributed by atoms with Gasteiger partial charge in [-0.1, -0.05) is 11.6 Å². The van der Waals surface area contributed by atoms with Gasteiger partial charge in [0.1, 0.15) is 17.3 Å². The Kier molecular flexibility index (Phi) is 4.49.